The lowest BCUT2D eigenvalue weighted by molar-refractivity contribution is -0.137. The van der Waals surface area contributed by atoms with Crippen molar-refractivity contribution in [3.63, 3.8) is 0 Å². The van der Waals surface area contributed by atoms with Crippen LogP contribution >= 0.6 is 11.6 Å². The van der Waals surface area contributed by atoms with Crippen LogP contribution in [0.1, 0.15) is 24.8 Å². The number of halogens is 2. The summed E-state index contributed by atoms with van der Waals surface area (Å²) < 4.78 is 24.4. The van der Waals surface area contributed by atoms with Gasteiger partial charge in [0, 0.05) is 11.0 Å². The minimum atomic E-state index is -0.956. The number of methoxy groups -OCH3 is 2. The molecule has 1 aliphatic rings. The zero-order valence-corrected chi connectivity index (χ0v) is 11.4. The van der Waals surface area contributed by atoms with Gasteiger partial charge in [-0.05, 0) is 18.9 Å². The highest BCUT2D eigenvalue weighted by molar-refractivity contribution is 6.32. The molecule has 0 radical (unpaired) electrons. The molecule has 0 saturated heterocycles. The average molecular weight is 289 g/mol. The van der Waals surface area contributed by atoms with Gasteiger partial charge in [0.25, 0.3) is 0 Å². The van der Waals surface area contributed by atoms with Crippen molar-refractivity contribution in [2.24, 2.45) is 0 Å². The van der Waals surface area contributed by atoms with Gasteiger partial charge in [0.15, 0.2) is 11.5 Å². The third-order valence-corrected chi connectivity index (χ3v) is 3.80. The Morgan fingerprint density at radius 2 is 2.11 bits per heavy atom. The van der Waals surface area contributed by atoms with E-state index in [1.54, 1.807) is 0 Å². The highest BCUT2D eigenvalue weighted by Gasteiger charge is 2.48. The van der Waals surface area contributed by atoms with E-state index >= 15 is 0 Å². The van der Waals surface area contributed by atoms with E-state index in [0.29, 0.717) is 18.6 Å². The Morgan fingerprint density at radius 3 is 2.53 bits per heavy atom. The molecule has 104 valence electrons. The molecule has 1 aromatic rings. The maximum Gasteiger partial charge on any atom is 0.304 e. The molecule has 6 heteroatoms. The van der Waals surface area contributed by atoms with Crippen LogP contribution in [0.2, 0.25) is 5.02 Å². The van der Waals surface area contributed by atoms with Crippen molar-refractivity contribution in [3.8, 4) is 11.5 Å². The van der Waals surface area contributed by atoms with Crippen molar-refractivity contribution in [2.75, 3.05) is 14.2 Å². The van der Waals surface area contributed by atoms with E-state index in [9.17, 15) is 9.18 Å². The second-order valence-corrected chi connectivity index (χ2v) is 5.02. The summed E-state index contributed by atoms with van der Waals surface area (Å²) in [4.78, 5) is 10.9. The normalized spacial score (nSPS) is 16.0. The Kier molecular flexibility index (Phi) is 3.58. The highest BCUT2D eigenvalue weighted by atomic mass is 35.5. The van der Waals surface area contributed by atoms with Gasteiger partial charge in [0.2, 0.25) is 0 Å². The number of hydrogen-bond donors (Lipinski definition) is 1. The Hall–Kier alpha value is -1.49. The van der Waals surface area contributed by atoms with E-state index in [2.05, 4.69) is 0 Å². The van der Waals surface area contributed by atoms with Gasteiger partial charge in [-0.25, -0.2) is 4.39 Å². The summed E-state index contributed by atoms with van der Waals surface area (Å²) >= 11 is 5.93. The highest BCUT2D eigenvalue weighted by Crippen LogP contribution is 2.54. The first-order chi connectivity index (χ1) is 8.95. The molecule has 0 spiro atoms. The minimum absolute atomic E-state index is 0.115. The molecule has 0 aromatic heterocycles. The summed E-state index contributed by atoms with van der Waals surface area (Å²) in [7, 11) is 2.79. The van der Waals surface area contributed by atoms with E-state index < -0.39 is 17.2 Å². The molecule has 1 aromatic carbocycles. The van der Waals surface area contributed by atoms with Gasteiger partial charge >= 0.3 is 5.97 Å². The lowest BCUT2D eigenvalue weighted by Crippen LogP contribution is -2.15. The fourth-order valence-corrected chi connectivity index (χ4v) is 2.57. The minimum Gasteiger partial charge on any atom is -0.493 e. The third kappa shape index (κ3) is 2.34. The molecule has 1 fully saturated rings. The molecule has 0 unspecified atom stereocenters. The summed E-state index contributed by atoms with van der Waals surface area (Å²) in [5, 5.41) is 8.75. The second-order valence-electron chi connectivity index (χ2n) is 4.64. The zero-order valence-electron chi connectivity index (χ0n) is 10.6. The summed E-state index contributed by atoms with van der Waals surface area (Å²) in [5.74, 6) is -1.15. The first-order valence-electron chi connectivity index (χ1n) is 5.77. The molecular formula is C13H14ClFO4. The van der Waals surface area contributed by atoms with Gasteiger partial charge < -0.3 is 14.6 Å². The number of benzene rings is 1. The predicted octanol–water partition coefficient (Wildman–Crippen LogP) is 3.00. The van der Waals surface area contributed by atoms with Crippen LogP contribution in [0, 0.1) is 5.82 Å². The monoisotopic (exact) mass is 288 g/mol. The van der Waals surface area contributed by atoms with Crippen molar-refractivity contribution in [1.29, 1.82) is 0 Å². The van der Waals surface area contributed by atoms with Gasteiger partial charge in [-0.3, -0.25) is 4.79 Å². The predicted molar refractivity (Wildman–Crippen MR) is 67.7 cm³/mol. The molecule has 1 N–H and O–H groups in total. The molecule has 0 bridgehead atoms. The SMILES string of the molecule is COc1cc(C2(CC(=O)O)CC2)c(F)c(Cl)c1OC. The van der Waals surface area contributed by atoms with Gasteiger partial charge in [-0.2, -0.15) is 0 Å². The quantitative estimate of drug-likeness (QED) is 0.905. The summed E-state index contributed by atoms with van der Waals surface area (Å²) in [6.07, 6.45) is 1.14. The molecule has 0 atom stereocenters. The third-order valence-electron chi connectivity index (χ3n) is 3.47. The van der Waals surface area contributed by atoms with Crippen LogP contribution in [0.15, 0.2) is 6.07 Å². The molecule has 4 nitrogen and oxygen atoms in total. The van der Waals surface area contributed by atoms with Crippen LogP contribution in [-0.2, 0) is 10.2 Å². The maximum absolute atomic E-state index is 14.3. The van der Waals surface area contributed by atoms with Gasteiger partial charge in [0.05, 0.1) is 20.6 Å². The first-order valence-corrected chi connectivity index (χ1v) is 6.15. The van der Waals surface area contributed by atoms with Crippen molar-refractivity contribution < 1.29 is 23.8 Å². The van der Waals surface area contributed by atoms with Crippen LogP contribution in [-0.4, -0.2) is 25.3 Å². The van der Waals surface area contributed by atoms with E-state index in [1.807, 2.05) is 0 Å². The van der Waals surface area contributed by atoms with E-state index in [-0.39, 0.29) is 22.8 Å². The van der Waals surface area contributed by atoms with E-state index in [4.69, 9.17) is 26.2 Å². The number of hydrogen-bond acceptors (Lipinski definition) is 3. The van der Waals surface area contributed by atoms with Gasteiger partial charge in [-0.15, -0.1) is 0 Å². The van der Waals surface area contributed by atoms with Crippen LogP contribution in [0.25, 0.3) is 0 Å². The fourth-order valence-electron chi connectivity index (χ4n) is 2.30. The lowest BCUT2D eigenvalue weighted by atomic mass is 9.91. The number of ether oxygens (including phenoxy) is 2. The van der Waals surface area contributed by atoms with Crippen molar-refractivity contribution in [1.82, 2.24) is 0 Å². The summed E-state index contributed by atoms with van der Waals surface area (Å²) in [6, 6.07) is 1.48. The van der Waals surface area contributed by atoms with Crippen LogP contribution in [0.5, 0.6) is 11.5 Å². The van der Waals surface area contributed by atoms with Crippen molar-refractivity contribution >= 4 is 17.6 Å². The van der Waals surface area contributed by atoms with E-state index in [0.717, 1.165) is 0 Å². The Labute approximate surface area is 115 Å². The molecule has 1 aliphatic carbocycles. The summed E-state index contributed by atoms with van der Waals surface area (Å²) in [5.41, 5.74) is -0.378. The standard InChI is InChI=1S/C13H14ClFO4/c1-18-8-5-7(11(15)10(14)12(8)19-2)13(3-4-13)6-9(16)17/h5H,3-4,6H2,1-2H3,(H,16,17). The molecular weight excluding hydrogens is 275 g/mol. The average Bonchev–Trinajstić information content (AvgIpc) is 3.11. The number of carboxylic acids is 1. The van der Waals surface area contributed by atoms with Crippen LogP contribution in [0.3, 0.4) is 0 Å². The first kappa shape index (κ1) is 13.9. The molecule has 0 heterocycles. The fraction of sp³-hybridized carbons (Fsp3) is 0.462. The van der Waals surface area contributed by atoms with Crippen molar-refractivity contribution in [2.45, 2.75) is 24.7 Å². The molecule has 0 aliphatic heterocycles. The van der Waals surface area contributed by atoms with Crippen LogP contribution in [0.4, 0.5) is 4.39 Å². The van der Waals surface area contributed by atoms with Gasteiger partial charge in [-0.1, -0.05) is 11.6 Å². The number of carboxylic acid groups (broad SMARTS) is 1. The Morgan fingerprint density at radius 1 is 1.47 bits per heavy atom. The molecule has 2 rings (SSSR count). The lowest BCUT2D eigenvalue weighted by Gasteiger charge is -2.18. The number of aliphatic carboxylic acids is 1. The van der Waals surface area contributed by atoms with E-state index in [1.165, 1.54) is 20.3 Å². The molecule has 1 saturated carbocycles. The number of carbonyl (C=O) groups is 1. The molecule has 19 heavy (non-hydrogen) atoms. The van der Waals surface area contributed by atoms with Crippen molar-refractivity contribution in [3.05, 3.63) is 22.5 Å². The Balaban J connectivity index is 2.53. The zero-order chi connectivity index (χ0) is 14.2. The largest absolute Gasteiger partial charge is 0.493 e. The molecule has 0 amide bonds. The topological polar surface area (TPSA) is 55.8 Å². The second kappa shape index (κ2) is 4.89. The van der Waals surface area contributed by atoms with Gasteiger partial charge in [0.1, 0.15) is 10.8 Å². The smallest absolute Gasteiger partial charge is 0.304 e. The summed E-state index contributed by atoms with van der Waals surface area (Å²) in [6.45, 7) is 0. The van der Waals surface area contributed by atoms with Crippen LogP contribution < -0.4 is 9.47 Å². The maximum atomic E-state index is 14.3. The number of rotatable bonds is 5. The Bertz CT molecular complexity index is 526.